The maximum absolute atomic E-state index is 14.5. The molecule has 0 radical (unpaired) electrons. The molecule has 0 unspecified atom stereocenters. The number of nitrogens with zero attached hydrogens (tertiary/aromatic N) is 4. The first-order chi connectivity index (χ1) is 17.4. The predicted molar refractivity (Wildman–Crippen MR) is 140 cm³/mol. The molecule has 36 heavy (non-hydrogen) atoms. The third-order valence-electron chi connectivity index (χ3n) is 7.08. The molecule has 190 valence electrons. The highest BCUT2D eigenvalue weighted by molar-refractivity contribution is 6.11. The molecular weight excluding hydrogens is 461 g/mol. The summed E-state index contributed by atoms with van der Waals surface area (Å²) < 4.78 is 21.4. The van der Waals surface area contributed by atoms with Gasteiger partial charge in [-0.25, -0.2) is 9.37 Å². The van der Waals surface area contributed by atoms with Crippen LogP contribution in [-0.4, -0.2) is 66.9 Å². The minimum Gasteiger partial charge on any atom is -0.397 e. The number of hydrogen-bond acceptors (Lipinski definition) is 7. The van der Waals surface area contributed by atoms with E-state index < -0.39 is 11.7 Å². The summed E-state index contributed by atoms with van der Waals surface area (Å²) in [6, 6.07) is 5.78. The minimum atomic E-state index is -0.514. The normalized spacial score (nSPS) is 21.9. The van der Waals surface area contributed by atoms with E-state index in [9.17, 15) is 9.18 Å². The van der Waals surface area contributed by atoms with E-state index in [-0.39, 0.29) is 5.65 Å². The standard InChI is InChI=1S/C26H32FN7O2/c1-15-12-34-14-18(10-22(27)25(34)30-15)32-26(35)20-4-5-23(21(11-29-2)24(20)28)33-7-6-16(13-33)31-17-8-19(9-17)36-3/h4-5,10-12,14,16-17,19,31H,6-9,13,28H2,1-3H3,(H,32,35)/t16-,17?,19?/m0/s1. The molecule has 10 heteroatoms. The number of ether oxygens (including phenoxy) is 1. The van der Waals surface area contributed by atoms with Crippen LogP contribution in [0.2, 0.25) is 0 Å². The van der Waals surface area contributed by atoms with Gasteiger partial charge in [0.2, 0.25) is 0 Å². The lowest BCUT2D eigenvalue weighted by atomic mass is 9.88. The van der Waals surface area contributed by atoms with Gasteiger partial charge in [0, 0.05) is 75.3 Å². The van der Waals surface area contributed by atoms with Crippen LogP contribution in [-0.2, 0) is 4.74 Å². The number of methoxy groups -OCH3 is 1. The fourth-order valence-corrected chi connectivity index (χ4v) is 5.15. The van der Waals surface area contributed by atoms with Gasteiger partial charge in [0.25, 0.3) is 5.91 Å². The number of carbonyl (C=O) groups excluding carboxylic acids is 1. The molecule has 1 saturated carbocycles. The fourth-order valence-electron chi connectivity index (χ4n) is 5.15. The van der Waals surface area contributed by atoms with Crippen LogP contribution in [0.15, 0.2) is 35.6 Å². The number of fused-ring (bicyclic) bond motifs is 1. The Morgan fingerprint density at radius 1 is 1.31 bits per heavy atom. The zero-order valence-electron chi connectivity index (χ0n) is 20.8. The van der Waals surface area contributed by atoms with E-state index in [0.29, 0.717) is 46.4 Å². The molecule has 3 heterocycles. The molecule has 1 aliphatic carbocycles. The van der Waals surface area contributed by atoms with Crippen molar-refractivity contribution in [3.63, 3.8) is 0 Å². The summed E-state index contributed by atoms with van der Waals surface area (Å²) in [6.45, 7) is 3.52. The lowest BCUT2D eigenvalue weighted by Crippen LogP contribution is -2.49. The minimum absolute atomic E-state index is 0.213. The third kappa shape index (κ3) is 4.66. The number of aromatic nitrogens is 2. The number of anilines is 3. The van der Waals surface area contributed by atoms with Gasteiger partial charge in [0.15, 0.2) is 11.5 Å². The second-order valence-electron chi connectivity index (χ2n) is 9.62. The molecule has 1 aromatic carbocycles. The van der Waals surface area contributed by atoms with E-state index in [1.807, 2.05) is 6.07 Å². The van der Waals surface area contributed by atoms with Crippen molar-refractivity contribution in [3.8, 4) is 0 Å². The van der Waals surface area contributed by atoms with Crippen LogP contribution in [0.5, 0.6) is 0 Å². The maximum Gasteiger partial charge on any atom is 0.257 e. The highest BCUT2D eigenvalue weighted by Gasteiger charge is 2.33. The third-order valence-corrected chi connectivity index (χ3v) is 7.08. The number of rotatable bonds is 7. The van der Waals surface area contributed by atoms with Crippen LogP contribution in [0, 0.1) is 12.7 Å². The Hall–Kier alpha value is -3.50. The Bertz CT molecular complexity index is 1320. The smallest absolute Gasteiger partial charge is 0.257 e. The molecule has 4 N–H and O–H groups in total. The van der Waals surface area contributed by atoms with Gasteiger partial charge in [0.1, 0.15) is 0 Å². The Morgan fingerprint density at radius 3 is 2.86 bits per heavy atom. The van der Waals surface area contributed by atoms with Gasteiger partial charge in [-0.1, -0.05) is 0 Å². The molecule has 1 amide bonds. The topological polar surface area (TPSA) is 109 Å². The van der Waals surface area contributed by atoms with Crippen LogP contribution in [0.1, 0.15) is 40.9 Å². The fraction of sp³-hybridized carbons (Fsp3) is 0.423. The lowest BCUT2D eigenvalue weighted by molar-refractivity contribution is 0.0149. The van der Waals surface area contributed by atoms with Gasteiger partial charge >= 0.3 is 0 Å². The van der Waals surface area contributed by atoms with Crippen molar-refractivity contribution in [2.45, 2.75) is 44.4 Å². The van der Waals surface area contributed by atoms with Gasteiger partial charge in [-0.3, -0.25) is 9.79 Å². The molecule has 0 bridgehead atoms. The lowest BCUT2D eigenvalue weighted by Gasteiger charge is -2.36. The summed E-state index contributed by atoms with van der Waals surface area (Å²) >= 11 is 0. The molecule has 2 fully saturated rings. The summed E-state index contributed by atoms with van der Waals surface area (Å²) in [5.41, 5.74) is 10.0. The number of nitrogens with two attached hydrogens (primary N) is 1. The molecule has 3 aromatic rings. The van der Waals surface area contributed by atoms with E-state index in [1.165, 1.54) is 6.07 Å². The van der Waals surface area contributed by atoms with Crippen LogP contribution < -0.4 is 21.3 Å². The maximum atomic E-state index is 14.5. The zero-order valence-corrected chi connectivity index (χ0v) is 20.8. The second kappa shape index (κ2) is 9.87. The number of amides is 1. The van der Waals surface area contributed by atoms with Crippen LogP contribution in [0.25, 0.3) is 5.65 Å². The van der Waals surface area contributed by atoms with Gasteiger partial charge in [-0.15, -0.1) is 0 Å². The van der Waals surface area contributed by atoms with Gasteiger partial charge in [-0.05, 0) is 38.3 Å². The molecule has 2 aromatic heterocycles. The van der Waals surface area contributed by atoms with Crippen molar-refractivity contribution < 1.29 is 13.9 Å². The van der Waals surface area contributed by atoms with Crippen LogP contribution in [0.4, 0.5) is 21.5 Å². The molecule has 1 saturated heterocycles. The molecule has 9 nitrogen and oxygen atoms in total. The number of pyridine rings is 1. The SMILES string of the molecule is CN=Cc1c(N2CC[C@H](NC3CC(OC)C3)C2)ccc(C(=O)Nc2cc(F)c3nc(C)cn3c2)c1N. The number of halogens is 1. The Balaban J connectivity index is 1.33. The molecule has 1 atom stereocenters. The van der Waals surface area contributed by atoms with Crippen LogP contribution in [0.3, 0.4) is 0 Å². The van der Waals surface area contributed by atoms with E-state index in [0.717, 1.165) is 38.0 Å². The largest absolute Gasteiger partial charge is 0.397 e. The van der Waals surface area contributed by atoms with Crippen LogP contribution >= 0.6 is 0 Å². The van der Waals surface area contributed by atoms with Gasteiger partial charge in [-0.2, -0.15) is 0 Å². The Kier molecular flexibility index (Phi) is 6.63. The highest BCUT2D eigenvalue weighted by atomic mass is 19.1. The predicted octanol–water partition coefficient (Wildman–Crippen LogP) is 3.01. The molecule has 5 rings (SSSR count). The van der Waals surface area contributed by atoms with E-state index in [1.54, 1.807) is 50.2 Å². The number of carbonyl (C=O) groups is 1. The summed E-state index contributed by atoms with van der Waals surface area (Å²) in [4.78, 5) is 23.7. The van der Waals surface area contributed by atoms with Gasteiger partial charge in [0.05, 0.1) is 28.7 Å². The number of aryl methyl sites for hydroxylation is 1. The van der Waals surface area contributed by atoms with Gasteiger partial charge < -0.3 is 30.4 Å². The summed E-state index contributed by atoms with van der Waals surface area (Å²) in [5.74, 6) is -0.932. The van der Waals surface area contributed by atoms with Crippen molar-refractivity contribution in [1.29, 1.82) is 0 Å². The number of nitrogen functional groups attached to an aromatic ring is 1. The molecule has 2 aliphatic rings. The number of aliphatic imine (C=N–C) groups is 1. The second-order valence-corrected chi connectivity index (χ2v) is 9.62. The summed E-state index contributed by atoms with van der Waals surface area (Å²) in [5, 5.41) is 6.50. The number of benzene rings is 1. The molecule has 1 aliphatic heterocycles. The Morgan fingerprint density at radius 2 is 2.11 bits per heavy atom. The first-order valence-electron chi connectivity index (χ1n) is 12.2. The molecule has 0 spiro atoms. The first-order valence-corrected chi connectivity index (χ1v) is 12.2. The highest BCUT2D eigenvalue weighted by Crippen LogP contribution is 2.32. The van der Waals surface area contributed by atoms with Crippen molar-refractivity contribution in [2.24, 2.45) is 4.99 Å². The van der Waals surface area contributed by atoms with E-state index in [2.05, 4.69) is 25.5 Å². The Labute approximate surface area is 209 Å². The van der Waals surface area contributed by atoms with E-state index in [4.69, 9.17) is 10.5 Å². The van der Waals surface area contributed by atoms with Crippen molar-refractivity contribution in [1.82, 2.24) is 14.7 Å². The zero-order chi connectivity index (χ0) is 25.4. The van der Waals surface area contributed by atoms with Crippen molar-refractivity contribution in [2.75, 3.05) is 43.2 Å². The average Bonchev–Trinajstić information content (AvgIpc) is 3.43. The molecular formula is C26H32FN7O2. The summed E-state index contributed by atoms with van der Waals surface area (Å²) in [7, 11) is 3.44. The number of hydrogen-bond donors (Lipinski definition) is 3. The average molecular weight is 494 g/mol. The van der Waals surface area contributed by atoms with Crippen molar-refractivity contribution >= 4 is 34.8 Å². The van der Waals surface area contributed by atoms with E-state index >= 15 is 0 Å². The van der Waals surface area contributed by atoms with Crippen molar-refractivity contribution in [3.05, 3.63) is 53.2 Å². The monoisotopic (exact) mass is 493 g/mol. The first kappa shape index (κ1) is 24.2. The number of imidazole rings is 1. The summed E-state index contributed by atoms with van der Waals surface area (Å²) in [6.07, 6.45) is 8.52. The quantitative estimate of drug-likeness (QED) is 0.345. The number of nitrogens with one attached hydrogen (secondary N) is 2.